The molecule has 1 aromatic carbocycles. The molecule has 0 bridgehead atoms. The van der Waals surface area contributed by atoms with Gasteiger partial charge in [-0.2, -0.15) is 0 Å². The number of hydrogen-bond donors (Lipinski definition) is 1. The van der Waals surface area contributed by atoms with Crippen molar-refractivity contribution < 1.29 is 14.3 Å². The van der Waals surface area contributed by atoms with Crippen LogP contribution in [-0.4, -0.2) is 67.9 Å². The van der Waals surface area contributed by atoms with Crippen molar-refractivity contribution in [3.05, 3.63) is 23.8 Å². The van der Waals surface area contributed by atoms with Gasteiger partial charge in [0.25, 0.3) is 0 Å². The number of amides is 2. The van der Waals surface area contributed by atoms with Crippen LogP contribution in [0.15, 0.2) is 18.2 Å². The van der Waals surface area contributed by atoms with Gasteiger partial charge in [0.2, 0.25) is 0 Å². The van der Waals surface area contributed by atoms with Crippen LogP contribution < -0.4 is 14.8 Å². The van der Waals surface area contributed by atoms with Gasteiger partial charge in [0.1, 0.15) is 0 Å². The van der Waals surface area contributed by atoms with Crippen LogP contribution in [0.4, 0.5) is 4.79 Å². The van der Waals surface area contributed by atoms with Crippen molar-refractivity contribution in [3.63, 3.8) is 0 Å². The minimum Gasteiger partial charge on any atom is -0.493 e. The molecule has 1 aromatic rings. The molecule has 168 valence electrons. The third-order valence-electron chi connectivity index (χ3n) is 6.99. The molecule has 1 aliphatic carbocycles. The number of likely N-dealkylation sites (N-methyl/N-ethyl adjacent to an activating group) is 1. The Morgan fingerprint density at radius 2 is 2.07 bits per heavy atom. The smallest absolute Gasteiger partial charge is 0.327 e. The van der Waals surface area contributed by atoms with Crippen molar-refractivity contribution in [1.82, 2.24) is 14.5 Å². The first kappa shape index (κ1) is 23.1. The fourth-order valence-corrected chi connectivity index (χ4v) is 6.02. The Morgan fingerprint density at radius 3 is 2.73 bits per heavy atom. The number of methoxy groups -OCH3 is 2. The highest BCUT2D eigenvalue weighted by molar-refractivity contribution is 7.96. The number of fused-ring (bicyclic) bond motifs is 1. The highest BCUT2D eigenvalue weighted by atomic mass is 32.2. The van der Waals surface area contributed by atoms with Crippen molar-refractivity contribution >= 4 is 18.0 Å². The van der Waals surface area contributed by atoms with Crippen molar-refractivity contribution in [2.24, 2.45) is 0 Å². The number of rotatable bonds is 8. The molecule has 3 unspecified atom stereocenters. The van der Waals surface area contributed by atoms with E-state index in [1.54, 1.807) is 26.2 Å². The Morgan fingerprint density at radius 1 is 1.30 bits per heavy atom. The fourth-order valence-electron chi connectivity index (χ4n) is 5.30. The number of ether oxygens (including phenoxy) is 2. The number of hydrogen-bond acceptors (Lipinski definition) is 5. The second kappa shape index (κ2) is 10.1. The molecule has 7 heteroatoms. The summed E-state index contributed by atoms with van der Waals surface area (Å²) >= 11 is 1.55. The number of nitrogens with one attached hydrogen (secondary N) is 1. The summed E-state index contributed by atoms with van der Waals surface area (Å²) in [6.45, 7) is 3.97. The summed E-state index contributed by atoms with van der Waals surface area (Å²) < 4.78 is 13.0. The lowest BCUT2D eigenvalue weighted by Gasteiger charge is -2.47. The van der Waals surface area contributed by atoms with E-state index in [4.69, 9.17) is 9.47 Å². The normalized spacial score (nSPS) is 26.2. The van der Waals surface area contributed by atoms with E-state index >= 15 is 0 Å². The molecule has 6 nitrogen and oxygen atoms in total. The number of likely N-dealkylation sites (tertiary alicyclic amines) is 1. The molecule has 2 amide bonds. The van der Waals surface area contributed by atoms with Crippen LogP contribution in [0.25, 0.3) is 0 Å². The predicted molar refractivity (Wildman–Crippen MR) is 124 cm³/mol. The predicted octanol–water partition coefficient (Wildman–Crippen LogP) is 4.29. The van der Waals surface area contributed by atoms with Gasteiger partial charge in [0.15, 0.2) is 11.5 Å². The molecule has 1 saturated heterocycles. The fraction of sp³-hybridized carbons (Fsp3) is 0.696. The van der Waals surface area contributed by atoms with E-state index in [0.29, 0.717) is 6.04 Å². The number of carbonyl (C=O) groups excluding carboxylic acids is 1. The van der Waals surface area contributed by atoms with Crippen molar-refractivity contribution in [3.8, 4) is 11.5 Å². The van der Waals surface area contributed by atoms with Gasteiger partial charge in [0, 0.05) is 30.3 Å². The summed E-state index contributed by atoms with van der Waals surface area (Å²) in [6.07, 6.45) is 8.33. The van der Waals surface area contributed by atoms with Crippen LogP contribution in [0.2, 0.25) is 0 Å². The van der Waals surface area contributed by atoms with Gasteiger partial charge in [-0.05, 0) is 75.3 Å². The molecule has 1 aliphatic heterocycles. The molecule has 3 rings (SSSR count). The van der Waals surface area contributed by atoms with E-state index < -0.39 is 0 Å². The molecule has 0 aromatic heterocycles. The molecule has 30 heavy (non-hydrogen) atoms. The zero-order valence-corrected chi connectivity index (χ0v) is 19.9. The zero-order chi connectivity index (χ0) is 21.7. The van der Waals surface area contributed by atoms with Crippen LogP contribution in [0, 0.1) is 0 Å². The van der Waals surface area contributed by atoms with E-state index in [1.807, 2.05) is 16.6 Å². The van der Waals surface area contributed by atoms with Gasteiger partial charge in [-0.3, -0.25) is 4.31 Å². The second-order valence-corrected chi connectivity index (χ2v) is 9.25. The Balaban J connectivity index is 1.81. The number of carbonyl (C=O) groups is 1. The van der Waals surface area contributed by atoms with E-state index in [9.17, 15) is 4.79 Å². The van der Waals surface area contributed by atoms with Crippen molar-refractivity contribution in [2.75, 3.05) is 40.6 Å². The molecule has 1 saturated carbocycles. The average molecular weight is 436 g/mol. The van der Waals surface area contributed by atoms with E-state index in [0.717, 1.165) is 63.1 Å². The molecule has 2 fully saturated rings. The minimum atomic E-state index is 0.0558. The summed E-state index contributed by atoms with van der Waals surface area (Å²) in [5.41, 5.74) is 1.43. The molecule has 0 spiro atoms. The lowest BCUT2D eigenvalue weighted by atomic mass is 9.65. The monoisotopic (exact) mass is 435 g/mol. The van der Waals surface area contributed by atoms with Crippen LogP contribution in [-0.2, 0) is 5.41 Å². The van der Waals surface area contributed by atoms with Gasteiger partial charge in [-0.25, -0.2) is 4.79 Å². The topological polar surface area (TPSA) is 54.0 Å². The first-order valence-corrected chi connectivity index (χ1v) is 12.2. The molecule has 0 radical (unpaired) electrons. The zero-order valence-electron chi connectivity index (χ0n) is 19.1. The quantitative estimate of drug-likeness (QED) is 0.488. The van der Waals surface area contributed by atoms with Crippen LogP contribution in [0.5, 0.6) is 11.5 Å². The maximum Gasteiger partial charge on any atom is 0.327 e. The van der Waals surface area contributed by atoms with Crippen LogP contribution >= 0.6 is 11.9 Å². The lowest BCUT2D eigenvalue weighted by molar-refractivity contribution is 0.130. The summed E-state index contributed by atoms with van der Waals surface area (Å²) in [6, 6.07) is 7.11. The SMILES string of the molecule is CCCCNC(=O)N(SC)C1CCC2(c3ccc(OC)c(OC)c3)CCN(C)C2C1. The Bertz CT molecular complexity index is 732. The summed E-state index contributed by atoms with van der Waals surface area (Å²) in [7, 11) is 5.60. The third-order valence-corrected chi connectivity index (χ3v) is 7.85. The molecule has 2 aliphatic rings. The largest absolute Gasteiger partial charge is 0.493 e. The Kier molecular flexibility index (Phi) is 7.80. The van der Waals surface area contributed by atoms with Gasteiger partial charge >= 0.3 is 6.03 Å². The first-order chi connectivity index (χ1) is 14.5. The highest BCUT2D eigenvalue weighted by Gasteiger charge is 2.51. The van der Waals surface area contributed by atoms with Gasteiger partial charge < -0.3 is 19.7 Å². The molecular weight excluding hydrogens is 398 g/mol. The van der Waals surface area contributed by atoms with Gasteiger partial charge in [-0.1, -0.05) is 19.4 Å². The summed E-state index contributed by atoms with van der Waals surface area (Å²) in [5.74, 6) is 1.56. The number of nitrogens with zero attached hydrogens (tertiary/aromatic N) is 2. The maximum absolute atomic E-state index is 12.8. The average Bonchev–Trinajstić information content (AvgIpc) is 3.11. The minimum absolute atomic E-state index is 0.0558. The molecule has 1 heterocycles. The lowest BCUT2D eigenvalue weighted by Crippen LogP contribution is -2.52. The van der Waals surface area contributed by atoms with Gasteiger partial charge in [-0.15, -0.1) is 0 Å². The van der Waals surface area contributed by atoms with E-state index in [2.05, 4.69) is 36.3 Å². The Hall–Kier alpha value is -1.60. The standard InChI is InChI=1S/C23H37N3O3S/c1-6-7-13-24-22(27)26(30-5)18-10-11-23(12-14-25(2)21(23)16-18)17-8-9-19(28-3)20(15-17)29-4/h8-9,15,18,21H,6-7,10-14,16H2,1-5H3,(H,24,27). The molecular formula is C23H37N3O3S. The third kappa shape index (κ3) is 4.37. The van der Waals surface area contributed by atoms with Crippen molar-refractivity contribution in [1.29, 1.82) is 0 Å². The number of unbranched alkanes of at least 4 members (excludes halogenated alkanes) is 1. The number of benzene rings is 1. The van der Waals surface area contributed by atoms with Gasteiger partial charge in [0.05, 0.1) is 14.2 Å². The van der Waals surface area contributed by atoms with Crippen LogP contribution in [0.3, 0.4) is 0 Å². The van der Waals surface area contributed by atoms with Crippen LogP contribution in [0.1, 0.15) is 51.0 Å². The molecule has 3 atom stereocenters. The maximum atomic E-state index is 12.8. The summed E-state index contributed by atoms with van der Waals surface area (Å²) in [4.78, 5) is 15.3. The first-order valence-electron chi connectivity index (χ1n) is 11.0. The van der Waals surface area contributed by atoms with E-state index in [1.165, 1.54) is 5.56 Å². The highest BCUT2D eigenvalue weighted by Crippen LogP contribution is 2.51. The van der Waals surface area contributed by atoms with Crippen molar-refractivity contribution in [2.45, 2.75) is 62.9 Å². The van der Waals surface area contributed by atoms with E-state index in [-0.39, 0.29) is 17.5 Å². The number of urea groups is 1. The Labute approximate surface area is 185 Å². The molecule has 1 N–H and O–H groups in total. The second-order valence-electron chi connectivity index (χ2n) is 8.49. The summed E-state index contributed by atoms with van der Waals surface area (Å²) in [5, 5.41) is 3.09.